The van der Waals surface area contributed by atoms with Crippen LogP contribution >= 0.6 is 22.7 Å². The van der Waals surface area contributed by atoms with Crippen LogP contribution in [0.2, 0.25) is 0 Å². The Morgan fingerprint density at radius 2 is 0.505 bits per heavy atom. The minimum absolute atomic E-state index is 0.658. The Hall–Kier alpha value is -13.7. The van der Waals surface area contributed by atoms with E-state index < -0.39 is 0 Å². The third-order valence-electron chi connectivity index (χ3n) is 21.6. The van der Waals surface area contributed by atoms with E-state index >= 15 is 0 Å². The summed E-state index contributed by atoms with van der Waals surface area (Å²) >= 11 is 3.71. The van der Waals surface area contributed by atoms with Crippen molar-refractivity contribution in [2.75, 3.05) is 0 Å². The van der Waals surface area contributed by atoms with E-state index in [1.807, 2.05) is 22.7 Å². The van der Waals surface area contributed by atoms with Gasteiger partial charge in [0.05, 0.1) is 55.5 Å². The number of benzene rings is 16. The molecule has 0 atom stereocenters. The number of aromatic nitrogens is 7. The van der Waals surface area contributed by atoms with Crippen LogP contribution in [0.4, 0.5) is 0 Å². The van der Waals surface area contributed by atoms with Gasteiger partial charge in [0.15, 0.2) is 0 Å². The number of hydrogen-bond acceptors (Lipinski definition) is 6. The van der Waals surface area contributed by atoms with Crippen molar-refractivity contribution in [3.63, 3.8) is 0 Å². The monoisotopic (exact) mass is 1400 g/mol. The number of nitrogens with zero attached hydrogens (tertiary/aromatic N) is 7. The average molecular weight is 1400 g/mol. The van der Waals surface area contributed by atoms with E-state index in [1.54, 1.807) is 0 Å². The molecular formula is C98H59N7S2. The average Bonchev–Trinajstić information content (AvgIpc) is 1.60. The molecule has 0 unspecified atom stereocenters. The number of thiophene rings is 2. The molecule has 0 amide bonds. The molecule has 23 aromatic rings. The van der Waals surface area contributed by atoms with Crippen molar-refractivity contribution in [3.8, 4) is 73.5 Å². The highest BCUT2D eigenvalue weighted by Crippen LogP contribution is 2.44. The summed E-state index contributed by atoms with van der Waals surface area (Å²) < 4.78 is 12.1. The lowest BCUT2D eigenvalue weighted by Crippen LogP contribution is -2.03. The van der Waals surface area contributed by atoms with E-state index in [9.17, 15) is 0 Å². The number of hydrogen-bond donors (Lipinski definition) is 0. The smallest absolute Gasteiger partial charge is 0.235 e. The van der Waals surface area contributed by atoms with Crippen LogP contribution in [-0.4, -0.2) is 33.6 Å². The van der Waals surface area contributed by atoms with Crippen LogP contribution in [0, 0.1) is 0 Å². The van der Waals surface area contributed by atoms with Gasteiger partial charge in [-0.25, -0.2) is 19.9 Å². The van der Waals surface area contributed by atoms with Crippen LogP contribution in [0.25, 0.3) is 212 Å². The quantitative estimate of drug-likeness (QED) is 0.152. The first-order valence-corrected chi connectivity index (χ1v) is 37.8. The van der Waals surface area contributed by atoms with Crippen molar-refractivity contribution in [2.45, 2.75) is 0 Å². The molecule has 0 aliphatic carbocycles. The predicted octanol–water partition coefficient (Wildman–Crippen LogP) is 26.8. The Bertz CT molecular complexity index is 7530. The highest BCUT2D eigenvalue weighted by atomic mass is 32.1. The molecule has 498 valence electrons. The molecule has 0 bridgehead atoms. The van der Waals surface area contributed by atoms with E-state index in [-0.39, 0.29) is 0 Å². The minimum Gasteiger partial charge on any atom is -0.309 e. The van der Waals surface area contributed by atoms with Gasteiger partial charge < -0.3 is 4.57 Å². The molecule has 7 aromatic heterocycles. The molecule has 0 saturated carbocycles. The zero-order valence-corrected chi connectivity index (χ0v) is 59.1. The van der Waals surface area contributed by atoms with Gasteiger partial charge >= 0.3 is 0 Å². The van der Waals surface area contributed by atoms with Crippen LogP contribution < -0.4 is 0 Å². The van der Waals surface area contributed by atoms with Crippen molar-refractivity contribution in [1.29, 1.82) is 0 Å². The minimum atomic E-state index is 0.658. The van der Waals surface area contributed by atoms with E-state index in [4.69, 9.17) is 19.9 Å². The topological polar surface area (TPSA) is 66.3 Å². The van der Waals surface area contributed by atoms with Gasteiger partial charge in [0, 0.05) is 100 Å². The van der Waals surface area contributed by atoms with Gasteiger partial charge in [-0.2, -0.15) is 0 Å². The SMILES string of the molecule is c1ccc2c(-c3ccc(-n4c5ccccc5c5ccccc54)cc3)nc(-n3c4ccccc4c4cc(-c5ccc6sc7ccccc7c6c5)ccc43)nc2c1.c1ccc2cc(-c3ccc(-c4nc(-n5c6ccccc6c6cc(-c7ccc8sc9ccccc9c8c7)ccc65)nc5ccccc45)cc3)ccc2c1. The summed E-state index contributed by atoms with van der Waals surface area (Å²) in [5, 5.41) is 17.0. The molecule has 107 heavy (non-hydrogen) atoms. The maximum atomic E-state index is 5.39. The maximum absolute atomic E-state index is 5.39. The predicted molar refractivity (Wildman–Crippen MR) is 453 cm³/mol. The second-order valence-corrected chi connectivity index (χ2v) is 29.8. The molecule has 0 aliphatic rings. The second kappa shape index (κ2) is 24.5. The highest BCUT2D eigenvalue weighted by molar-refractivity contribution is 7.26. The second-order valence-electron chi connectivity index (χ2n) is 27.6. The molecule has 16 aromatic carbocycles. The van der Waals surface area contributed by atoms with E-state index in [1.165, 1.54) is 128 Å². The van der Waals surface area contributed by atoms with Crippen molar-refractivity contribution < 1.29 is 0 Å². The third kappa shape index (κ3) is 10.0. The lowest BCUT2D eigenvalue weighted by atomic mass is 9.99. The third-order valence-corrected chi connectivity index (χ3v) is 23.9. The molecule has 7 nitrogen and oxygen atoms in total. The molecule has 0 aliphatic heterocycles. The van der Waals surface area contributed by atoms with Crippen molar-refractivity contribution >= 4 is 161 Å². The Labute approximate surface area is 621 Å². The fraction of sp³-hybridized carbons (Fsp3) is 0. The molecule has 9 heteroatoms. The van der Waals surface area contributed by atoms with Gasteiger partial charge in [-0.15, -0.1) is 22.7 Å². The molecule has 0 radical (unpaired) electrons. The van der Waals surface area contributed by atoms with E-state index in [2.05, 4.69) is 372 Å². The van der Waals surface area contributed by atoms with Crippen molar-refractivity contribution in [3.05, 3.63) is 358 Å². The van der Waals surface area contributed by atoms with Crippen molar-refractivity contribution in [2.24, 2.45) is 0 Å². The zero-order chi connectivity index (χ0) is 70.2. The number of para-hydroxylation sites is 6. The van der Waals surface area contributed by atoms with E-state index in [0.717, 1.165) is 72.1 Å². The summed E-state index contributed by atoms with van der Waals surface area (Å²) in [5.41, 5.74) is 20.8. The first kappa shape index (κ1) is 60.8. The molecule has 23 rings (SSSR count). The van der Waals surface area contributed by atoms with Gasteiger partial charge in [-0.3, -0.25) is 9.13 Å². The first-order chi connectivity index (χ1) is 53.0. The van der Waals surface area contributed by atoms with Gasteiger partial charge in [0.1, 0.15) is 0 Å². The molecule has 0 N–H and O–H groups in total. The fourth-order valence-electron chi connectivity index (χ4n) is 16.5. The lowest BCUT2D eigenvalue weighted by Gasteiger charge is -2.13. The zero-order valence-electron chi connectivity index (χ0n) is 57.5. The molecular weight excluding hydrogens is 1340 g/mol. The Kier molecular flexibility index (Phi) is 13.9. The highest BCUT2D eigenvalue weighted by Gasteiger charge is 2.22. The normalized spacial score (nSPS) is 11.9. The van der Waals surface area contributed by atoms with Gasteiger partial charge in [0.2, 0.25) is 11.9 Å². The maximum Gasteiger partial charge on any atom is 0.235 e. The van der Waals surface area contributed by atoms with Crippen LogP contribution in [0.15, 0.2) is 358 Å². The fourth-order valence-corrected chi connectivity index (χ4v) is 18.6. The Balaban J connectivity index is 0.000000133. The summed E-state index contributed by atoms with van der Waals surface area (Å²) in [4.78, 5) is 21.1. The summed E-state index contributed by atoms with van der Waals surface area (Å²) in [6.45, 7) is 0. The molecule has 7 heterocycles. The van der Waals surface area contributed by atoms with Crippen LogP contribution in [0.5, 0.6) is 0 Å². The largest absolute Gasteiger partial charge is 0.309 e. The Morgan fingerprint density at radius 1 is 0.187 bits per heavy atom. The van der Waals surface area contributed by atoms with Gasteiger partial charge in [0.25, 0.3) is 0 Å². The van der Waals surface area contributed by atoms with Gasteiger partial charge in [-0.05, 0) is 159 Å². The Morgan fingerprint density at radius 3 is 0.991 bits per heavy atom. The van der Waals surface area contributed by atoms with Gasteiger partial charge in [-0.1, -0.05) is 243 Å². The van der Waals surface area contributed by atoms with Crippen molar-refractivity contribution in [1.82, 2.24) is 33.6 Å². The van der Waals surface area contributed by atoms with Crippen LogP contribution in [0.1, 0.15) is 0 Å². The first-order valence-electron chi connectivity index (χ1n) is 36.1. The summed E-state index contributed by atoms with van der Waals surface area (Å²) in [5.74, 6) is 1.32. The lowest BCUT2D eigenvalue weighted by molar-refractivity contribution is 1.01. The van der Waals surface area contributed by atoms with Crippen LogP contribution in [-0.2, 0) is 0 Å². The summed E-state index contributed by atoms with van der Waals surface area (Å²) in [6, 6.07) is 129. The number of rotatable bonds is 8. The summed E-state index contributed by atoms with van der Waals surface area (Å²) in [7, 11) is 0. The number of fused-ring (bicyclic) bond motifs is 18. The van der Waals surface area contributed by atoms with Crippen LogP contribution in [0.3, 0.4) is 0 Å². The summed E-state index contributed by atoms with van der Waals surface area (Å²) in [6.07, 6.45) is 0. The molecule has 0 fully saturated rings. The standard InChI is InChI=1S/C50H30N4S.C48H29N3S/c1-6-16-42-39(15-1)49(31-21-25-34(26-22-31)53-43-17-7-2-11-35(43)36-12-3-8-18-44(36)53)52-50(51-42)54-45-19-9-4-13-37(45)40-29-32(23-27-46(40)54)33-24-28-48-41(30-33)38-14-5-10-20-47(38)55-48;1-2-10-33-27-34(22-19-30(33)9-1)31-17-20-32(21-18-31)47-39-13-3-6-14-42(39)49-48(50-47)51-43-15-7-4-11-37(43)40-28-35(23-25-44(40)51)36-24-26-46-41(29-36)38-12-5-8-16-45(38)52-46/h1-30H;1-29H. The molecule has 0 saturated heterocycles. The van der Waals surface area contributed by atoms with E-state index in [0.29, 0.717) is 11.9 Å². The molecule has 0 spiro atoms.